The molecule has 12 atom stereocenters. The lowest BCUT2D eigenvalue weighted by Crippen LogP contribution is -2.67. The Hall–Kier alpha value is -1.66. The molecule has 10 nitrogen and oxygen atoms in total. The number of nitrogens with zero attached hydrogens (tertiary/aromatic N) is 1. The fourth-order valence-corrected chi connectivity index (χ4v) is 10.6. The minimum atomic E-state index is -4.82. The van der Waals surface area contributed by atoms with E-state index in [9.17, 15) is 26.3 Å². The van der Waals surface area contributed by atoms with Gasteiger partial charge >= 0.3 is 12.4 Å². The van der Waals surface area contributed by atoms with Crippen molar-refractivity contribution in [1.29, 1.82) is 0 Å². The van der Waals surface area contributed by atoms with Crippen molar-refractivity contribution < 1.29 is 69.6 Å². The quantitative estimate of drug-likeness (QED) is 0.154. The van der Waals surface area contributed by atoms with E-state index in [4.69, 9.17) is 43.2 Å². The van der Waals surface area contributed by atoms with Crippen molar-refractivity contribution in [3.63, 3.8) is 0 Å². The van der Waals surface area contributed by atoms with E-state index in [2.05, 4.69) is 13.8 Å². The first kappa shape index (κ1) is 36.3. The second kappa shape index (κ2) is 12.2. The summed E-state index contributed by atoms with van der Waals surface area (Å²) < 4.78 is 117. The van der Waals surface area contributed by atoms with Gasteiger partial charge < -0.3 is 23.7 Å². The van der Waals surface area contributed by atoms with E-state index in [0.717, 1.165) is 0 Å². The van der Waals surface area contributed by atoms with E-state index < -0.39 is 77.7 Å². The van der Waals surface area contributed by atoms with Crippen molar-refractivity contribution in [2.75, 3.05) is 33.4 Å². The van der Waals surface area contributed by atoms with Crippen LogP contribution in [0.25, 0.3) is 0 Å². The van der Waals surface area contributed by atoms with Gasteiger partial charge in [-0.05, 0) is 76.8 Å². The Morgan fingerprint density at radius 3 is 1.65 bits per heavy atom. The van der Waals surface area contributed by atoms with Crippen molar-refractivity contribution >= 4 is 0 Å². The first-order chi connectivity index (χ1) is 23.9. The Kier molecular flexibility index (Phi) is 8.67. The van der Waals surface area contributed by atoms with Gasteiger partial charge in [-0.15, -0.1) is 0 Å². The molecule has 16 heteroatoms. The summed E-state index contributed by atoms with van der Waals surface area (Å²) in [7, 11) is 1.64. The van der Waals surface area contributed by atoms with E-state index in [-0.39, 0.29) is 54.5 Å². The molecule has 4 bridgehead atoms. The van der Waals surface area contributed by atoms with Crippen molar-refractivity contribution in [2.45, 2.75) is 127 Å². The van der Waals surface area contributed by atoms with Crippen LogP contribution in [-0.2, 0) is 43.2 Å². The minimum Gasteiger partial charge on any atom is -0.456 e. The van der Waals surface area contributed by atoms with Crippen molar-refractivity contribution in [2.24, 2.45) is 35.5 Å². The number of rotatable bonds is 7. The molecule has 8 fully saturated rings. The van der Waals surface area contributed by atoms with Gasteiger partial charge in [0.2, 0.25) is 35.7 Å². The van der Waals surface area contributed by atoms with Gasteiger partial charge in [0.15, 0.2) is 11.2 Å². The average molecular weight is 740 g/mol. The fraction of sp³-hybridized carbons (Fsp3) is 0.886. The van der Waals surface area contributed by atoms with E-state index in [0.29, 0.717) is 51.4 Å². The van der Waals surface area contributed by atoms with Gasteiger partial charge in [0.1, 0.15) is 0 Å². The highest BCUT2D eigenvalue weighted by molar-refractivity contribution is 5.30. The van der Waals surface area contributed by atoms with Crippen LogP contribution < -0.4 is 0 Å². The summed E-state index contributed by atoms with van der Waals surface area (Å²) in [6.45, 7) is 6.94. The third-order valence-corrected chi connectivity index (χ3v) is 13.1. The molecule has 8 aliphatic heterocycles. The topological polar surface area (TPSA) is 86.3 Å². The number of fused-ring (bicyclic) bond motifs is 4. The summed E-state index contributed by atoms with van der Waals surface area (Å²) >= 11 is 0. The van der Waals surface area contributed by atoms with Crippen LogP contribution in [0.2, 0.25) is 0 Å². The van der Waals surface area contributed by atoms with Crippen LogP contribution in [0.3, 0.4) is 0 Å². The molecule has 2 aliphatic carbocycles. The predicted molar refractivity (Wildman–Crippen MR) is 162 cm³/mol. The number of allylic oxidation sites excluding steroid dienone is 2. The van der Waals surface area contributed by atoms with E-state index in [1.165, 1.54) is 0 Å². The van der Waals surface area contributed by atoms with Crippen LogP contribution >= 0.6 is 0 Å². The van der Waals surface area contributed by atoms with Crippen LogP contribution in [0.15, 0.2) is 22.7 Å². The van der Waals surface area contributed by atoms with Gasteiger partial charge in [-0.1, -0.05) is 13.8 Å². The Balaban J connectivity index is 1.01. The molecule has 2 spiro atoms. The smallest absolute Gasteiger partial charge is 0.449 e. The molecule has 0 radical (unpaired) electrons. The first-order valence-corrected chi connectivity index (χ1v) is 18.2. The zero-order chi connectivity index (χ0) is 36.4. The molecule has 2 saturated carbocycles. The number of hydrogen-bond acceptors (Lipinski definition) is 10. The molecular weight excluding hydrogens is 692 g/mol. The van der Waals surface area contributed by atoms with Crippen molar-refractivity contribution in [1.82, 2.24) is 4.90 Å². The van der Waals surface area contributed by atoms with Crippen molar-refractivity contribution in [3.05, 3.63) is 22.7 Å². The van der Waals surface area contributed by atoms with Crippen molar-refractivity contribution in [3.8, 4) is 0 Å². The van der Waals surface area contributed by atoms with Crippen LogP contribution in [0.1, 0.15) is 79.1 Å². The lowest BCUT2D eigenvalue weighted by molar-refractivity contribution is -0.558. The normalized spacial score (nSPS) is 46.3. The predicted octanol–water partition coefficient (Wildman–Crippen LogP) is 7.06. The molecule has 0 N–H and O–H groups in total. The molecule has 10 aliphatic rings. The minimum absolute atomic E-state index is 0.0425. The average Bonchev–Trinajstić information content (AvgIpc) is 3.42. The number of likely N-dealkylation sites (N-methyl/N-ethyl adjacent to an activating group) is 1. The van der Waals surface area contributed by atoms with Gasteiger partial charge in [-0.2, -0.15) is 26.3 Å². The fourth-order valence-electron chi connectivity index (χ4n) is 10.6. The Morgan fingerprint density at radius 1 is 0.686 bits per heavy atom. The second-order valence-corrected chi connectivity index (χ2v) is 16.4. The third kappa shape index (κ3) is 5.67. The summed E-state index contributed by atoms with van der Waals surface area (Å²) in [6.07, 6.45) is -7.80. The molecule has 51 heavy (non-hydrogen) atoms. The standard InChI is InChI=1S/C35H47F6NO9/c1-18-6-8-24-20(26(34(36,37)38)44-28-32(24)22(18)10-12-30(3,46-28)48-50-32)16-42(5)14-15-43-17-21-25-9-7-19(2)23-11-13-31(4)47-29(33(23,25)51-49-31)45-27(21)35(39,40)41/h18-19,22-25,28-29H,6-17H2,1-5H3/t18-,19-,22?,23?,24+,25+,28-,29-,30-,31-,32-,33-/m1/s1. The molecular formula is C35H47F6NO9. The lowest BCUT2D eigenvalue weighted by Gasteiger charge is -2.57. The molecule has 288 valence electrons. The Morgan fingerprint density at radius 2 is 1.16 bits per heavy atom. The van der Waals surface area contributed by atoms with Gasteiger partial charge in [0, 0.05) is 55.2 Å². The number of alkyl halides is 6. The number of ether oxygens (including phenoxy) is 5. The van der Waals surface area contributed by atoms with E-state index in [1.807, 2.05) is 0 Å². The summed E-state index contributed by atoms with van der Waals surface area (Å²) in [5, 5.41) is 0. The van der Waals surface area contributed by atoms with Gasteiger partial charge in [0.05, 0.1) is 13.2 Å². The molecule has 8 heterocycles. The highest BCUT2D eigenvalue weighted by atomic mass is 19.4. The van der Waals surface area contributed by atoms with Crippen LogP contribution in [-0.4, -0.2) is 86.0 Å². The molecule has 6 saturated heterocycles. The second-order valence-electron chi connectivity index (χ2n) is 16.4. The molecule has 0 aromatic heterocycles. The van der Waals surface area contributed by atoms with Gasteiger partial charge in [-0.25, -0.2) is 19.6 Å². The van der Waals surface area contributed by atoms with E-state index in [1.54, 1.807) is 25.8 Å². The Bertz CT molecular complexity index is 1460. The molecule has 0 amide bonds. The zero-order valence-electron chi connectivity index (χ0n) is 29.5. The molecule has 10 rings (SSSR count). The van der Waals surface area contributed by atoms with Crippen LogP contribution in [0, 0.1) is 35.5 Å². The maximum absolute atomic E-state index is 14.6. The maximum atomic E-state index is 14.6. The first-order valence-electron chi connectivity index (χ1n) is 18.2. The van der Waals surface area contributed by atoms with Crippen LogP contribution in [0.5, 0.6) is 0 Å². The summed E-state index contributed by atoms with van der Waals surface area (Å²) in [4.78, 5) is 25.2. The summed E-state index contributed by atoms with van der Waals surface area (Å²) in [5.74, 6) is -6.12. The Labute approximate surface area is 292 Å². The highest BCUT2D eigenvalue weighted by Crippen LogP contribution is 2.63. The van der Waals surface area contributed by atoms with Gasteiger partial charge in [0.25, 0.3) is 0 Å². The monoisotopic (exact) mass is 739 g/mol. The zero-order valence-corrected chi connectivity index (χ0v) is 29.5. The highest BCUT2D eigenvalue weighted by Gasteiger charge is 2.72. The summed E-state index contributed by atoms with van der Waals surface area (Å²) in [6, 6.07) is 0. The molecule has 0 aromatic carbocycles. The SMILES string of the molecule is C[C@@H]1CC[C@H]2C(COCCN(C)CC3=C(C(F)(F)F)O[C@@H]4O[C@@]5(C)CCC6[C@H](C)CC[C@@H]3[C@]64OO5)=C(C(F)(F)F)O[C@@H]3O[C@@]4(C)CCC1[C@]32OO4. The number of halogens is 6. The maximum Gasteiger partial charge on any atom is 0.449 e. The third-order valence-electron chi connectivity index (χ3n) is 13.1. The number of hydrogen-bond donors (Lipinski definition) is 0. The van der Waals surface area contributed by atoms with Gasteiger partial charge in [-0.3, -0.25) is 4.90 Å². The summed E-state index contributed by atoms with van der Waals surface area (Å²) in [5.41, 5.74) is -2.54. The lowest BCUT2D eigenvalue weighted by atomic mass is 9.59. The largest absolute Gasteiger partial charge is 0.456 e. The molecule has 2 unspecified atom stereocenters. The van der Waals surface area contributed by atoms with Crippen LogP contribution in [0.4, 0.5) is 26.3 Å². The van der Waals surface area contributed by atoms with E-state index >= 15 is 0 Å². The molecule has 0 aromatic rings.